The van der Waals surface area contributed by atoms with Gasteiger partial charge in [-0.05, 0) is 31.9 Å². The summed E-state index contributed by atoms with van der Waals surface area (Å²) in [5.41, 5.74) is 0.817. The van der Waals surface area contributed by atoms with Gasteiger partial charge in [-0.1, -0.05) is 48.3 Å². The number of alkyl carbamates (subject to hydrolysis) is 1. The molecule has 9 heteroatoms. The van der Waals surface area contributed by atoms with Crippen LogP contribution in [-0.4, -0.2) is 39.1 Å². The number of rotatable bonds is 5. The molecule has 27 heavy (non-hydrogen) atoms. The third-order valence-corrected chi connectivity index (χ3v) is 5.92. The zero-order valence-electron chi connectivity index (χ0n) is 15.1. The van der Waals surface area contributed by atoms with Gasteiger partial charge in [0.25, 0.3) is 0 Å². The number of halogens is 1. The fourth-order valence-corrected chi connectivity index (χ4v) is 4.28. The lowest BCUT2D eigenvalue weighted by Gasteiger charge is -2.18. The summed E-state index contributed by atoms with van der Waals surface area (Å²) in [5, 5.41) is 11.6. The van der Waals surface area contributed by atoms with E-state index in [1.807, 2.05) is 24.3 Å². The first-order chi connectivity index (χ1) is 13.0. The summed E-state index contributed by atoms with van der Waals surface area (Å²) in [6, 6.07) is 7.79. The quantitative estimate of drug-likeness (QED) is 0.750. The predicted molar refractivity (Wildman–Crippen MR) is 104 cm³/mol. The van der Waals surface area contributed by atoms with Crippen molar-refractivity contribution in [3.05, 3.63) is 29.3 Å². The maximum Gasteiger partial charge on any atom is 0.413 e. The number of hydrogen-bond acceptors (Lipinski definition) is 6. The molecule has 0 unspecified atom stereocenters. The Morgan fingerprint density at radius 1 is 1.30 bits per heavy atom. The molecule has 1 atom stereocenters. The minimum absolute atomic E-state index is 0.268. The van der Waals surface area contributed by atoms with Gasteiger partial charge in [-0.3, -0.25) is 14.7 Å². The van der Waals surface area contributed by atoms with Crippen LogP contribution in [-0.2, 0) is 9.53 Å². The Morgan fingerprint density at radius 2 is 2.00 bits per heavy atom. The van der Waals surface area contributed by atoms with Gasteiger partial charge in [0.1, 0.15) is 0 Å². The molecular formula is C18H21ClN4O3S. The highest BCUT2D eigenvalue weighted by Gasteiger charge is 2.28. The fourth-order valence-electron chi connectivity index (χ4n) is 3.14. The van der Waals surface area contributed by atoms with E-state index in [-0.39, 0.29) is 6.04 Å². The number of thioether (sulfide) groups is 1. The molecule has 144 valence electrons. The van der Waals surface area contributed by atoms with E-state index in [9.17, 15) is 9.59 Å². The van der Waals surface area contributed by atoms with Crippen molar-refractivity contribution in [1.29, 1.82) is 0 Å². The van der Waals surface area contributed by atoms with Crippen LogP contribution in [0.15, 0.2) is 29.4 Å². The highest BCUT2D eigenvalue weighted by Crippen LogP contribution is 2.38. The van der Waals surface area contributed by atoms with Crippen molar-refractivity contribution >= 4 is 35.4 Å². The number of methoxy groups -OCH3 is 1. The fraction of sp³-hybridized carbons (Fsp3) is 0.444. The molecule has 0 aliphatic heterocycles. The zero-order valence-corrected chi connectivity index (χ0v) is 16.7. The van der Waals surface area contributed by atoms with E-state index in [1.54, 1.807) is 6.92 Å². The van der Waals surface area contributed by atoms with Crippen LogP contribution >= 0.6 is 23.4 Å². The number of nitrogens with zero attached hydrogens (tertiary/aromatic N) is 3. The number of imide groups is 1. The van der Waals surface area contributed by atoms with Crippen LogP contribution in [0, 0.1) is 0 Å². The van der Waals surface area contributed by atoms with Gasteiger partial charge in [-0.25, -0.2) is 4.79 Å². The maximum atomic E-state index is 12.2. The second-order valence-corrected chi connectivity index (χ2v) is 8.05. The summed E-state index contributed by atoms with van der Waals surface area (Å²) in [7, 11) is 1.22. The van der Waals surface area contributed by atoms with Crippen molar-refractivity contribution in [1.82, 2.24) is 20.1 Å². The van der Waals surface area contributed by atoms with Crippen LogP contribution in [0.3, 0.4) is 0 Å². The molecule has 1 N–H and O–H groups in total. The van der Waals surface area contributed by atoms with Crippen molar-refractivity contribution in [2.45, 2.75) is 49.1 Å². The van der Waals surface area contributed by atoms with Gasteiger partial charge < -0.3 is 4.74 Å². The van der Waals surface area contributed by atoms with Crippen LogP contribution < -0.4 is 5.32 Å². The molecule has 1 fully saturated rings. The van der Waals surface area contributed by atoms with Crippen LogP contribution in [0.1, 0.15) is 38.6 Å². The smallest absolute Gasteiger partial charge is 0.413 e. The lowest BCUT2D eigenvalue weighted by molar-refractivity contribution is -0.119. The standard InChI is InChI=1S/C18H21ClN4O3S/c1-11(16(24)20-18(25)26-2)27-17-22-21-15(13-9-5-6-10-14(13)19)23(17)12-7-3-4-8-12/h5-6,9-12H,3-4,7-8H2,1-2H3,(H,20,24,25)/t11-/m0/s1. The molecule has 0 radical (unpaired) electrons. The molecule has 0 saturated heterocycles. The van der Waals surface area contributed by atoms with Gasteiger partial charge >= 0.3 is 6.09 Å². The van der Waals surface area contributed by atoms with Crippen LogP contribution in [0.4, 0.5) is 4.79 Å². The molecule has 0 spiro atoms. The molecule has 1 aliphatic carbocycles. The van der Waals surface area contributed by atoms with Crippen molar-refractivity contribution in [3.8, 4) is 11.4 Å². The van der Waals surface area contributed by atoms with E-state index in [0.717, 1.165) is 31.2 Å². The topological polar surface area (TPSA) is 86.1 Å². The molecule has 2 amide bonds. The summed E-state index contributed by atoms with van der Waals surface area (Å²) in [4.78, 5) is 23.4. The Bertz CT molecular complexity index is 836. The Kier molecular flexibility index (Phi) is 6.38. The third-order valence-electron chi connectivity index (χ3n) is 4.53. The minimum atomic E-state index is -0.776. The first-order valence-electron chi connectivity index (χ1n) is 8.76. The molecule has 2 aromatic rings. The average Bonchev–Trinajstić information content (AvgIpc) is 3.31. The number of benzene rings is 1. The van der Waals surface area contributed by atoms with Crippen molar-refractivity contribution in [3.63, 3.8) is 0 Å². The minimum Gasteiger partial charge on any atom is -0.453 e. The van der Waals surface area contributed by atoms with Gasteiger partial charge in [-0.15, -0.1) is 10.2 Å². The van der Waals surface area contributed by atoms with Crippen LogP contribution in [0.5, 0.6) is 0 Å². The van der Waals surface area contributed by atoms with Gasteiger partial charge in [-0.2, -0.15) is 0 Å². The van der Waals surface area contributed by atoms with Crippen molar-refractivity contribution < 1.29 is 14.3 Å². The molecule has 7 nitrogen and oxygen atoms in total. The lowest BCUT2D eigenvalue weighted by Crippen LogP contribution is -2.36. The Balaban J connectivity index is 1.90. The number of nitrogens with one attached hydrogen (secondary N) is 1. The second kappa shape index (κ2) is 8.75. The summed E-state index contributed by atoms with van der Waals surface area (Å²) in [5.74, 6) is 0.266. The highest BCUT2D eigenvalue weighted by atomic mass is 35.5. The summed E-state index contributed by atoms with van der Waals surface area (Å²) in [6.45, 7) is 1.71. The lowest BCUT2D eigenvalue weighted by atomic mass is 10.2. The Labute approximate surface area is 166 Å². The number of carbonyl (C=O) groups is 2. The largest absolute Gasteiger partial charge is 0.453 e. The number of hydrogen-bond donors (Lipinski definition) is 1. The van der Waals surface area contributed by atoms with Gasteiger partial charge in [0.05, 0.1) is 17.4 Å². The van der Waals surface area contributed by atoms with E-state index in [1.165, 1.54) is 18.9 Å². The molecule has 1 aromatic carbocycles. The Morgan fingerprint density at radius 3 is 2.67 bits per heavy atom. The number of amides is 2. The number of carbonyl (C=O) groups excluding carboxylic acids is 2. The van der Waals surface area contributed by atoms with E-state index in [0.29, 0.717) is 16.0 Å². The van der Waals surface area contributed by atoms with Gasteiger partial charge in [0.2, 0.25) is 5.91 Å². The van der Waals surface area contributed by atoms with Gasteiger partial charge in [0, 0.05) is 11.6 Å². The number of ether oxygens (including phenoxy) is 1. The summed E-state index contributed by atoms with van der Waals surface area (Å²) >= 11 is 7.64. The van der Waals surface area contributed by atoms with E-state index < -0.39 is 17.3 Å². The average molecular weight is 409 g/mol. The number of aromatic nitrogens is 3. The highest BCUT2D eigenvalue weighted by molar-refractivity contribution is 8.00. The monoisotopic (exact) mass is 408 g/mol. The zero-order chi connectivity index (χ0) is 19.4. The molecule has 1 saturated carbocycles. The Hall–Kier alpha value is -2.06. The van der Waals surface area contributed by atoms with E-state index in [4.69, 9.17) is 11.6 Å². The maximum absolute atomic E-state index is 12.2. The molecule has 3 rings (SSSR count). The first-order valence-corrected chi connectivity index (χ1v) is 10.0. The van der Waals surface area contributed by atoms with Crippen molar-refractivity contribution in [2.24, 2.45) is 0 Å². The van der Waals surface area contributed by atoms with E-state index in [2.05, 4.69) is 24.8 Å². The van der Waals surface area contributed by atoms with Crippen LogP contribution in [0.2, 0.25) is 5.02 Å². The third kappa shape index (κ3) is 4.44. The summed E-state index contributed by atoms with van der Waals surface area (Å²) in [6.07, 6.45) is 3.58. The van der Waals surface area contributed by atoms with Crippen molar-refractivity contribution in [2.75, 3.05) is 7.11 Å². The van der Waals surface area contributed by atoms with E-state index >= 15 is 0 Å². The normalized spacial score (nSPS) is 15.5. The van der Waals surface area contributed by atoms with Crippen LogP contribution in [0.25, 0.3) is 11.4 Å². The summed E-state index contributed by atoms with van der Waals surface area (Å²) < 4.78 is 6.56. The van der Waals surface area contributed by atoms with Gasteiger partial charge in [0.15, 0.2) is 11.0 Å². The predicted octanol–water partition coefficient (Wildman–Crippen LogP) is 4.08. The SMILES string of the molecule is COC(=O)NC(=O)[C@H](C)Sc1nnc(-c2ccccc2Cl)n1C1CCCC1. The second-order valence-electron chi connectivity index (χ2n) is 6.34. The molecule has 0 bridgehead atoms. The molecule has 1 aliphatic rings. The molecular weight excluding hydrogens is 388 g/mol. The molecule has 1 aromatic heterocycles. The molecule has 1 heterocycles. The first kappa shape index (κ1) is 19.7.